The molecule has 2 aromatic rings. The second-order valence-corrected chi connectivity index (χ2v) is 3.99. The molecular weight excluding hydrogens is 266 g/mol. The van der Waals surface area contributed by atoms with Crippen LogP contribution in [0.1, 0.15) is 10.4 Å². The first kappa shape index (κ1) is 13.8. The summed E-state index contributed by atoms with van der Waals surface area (Å²) in [5, 5.41) is 2.58. The third-order valence-electron chi connectivity index (χ3n) is 2.47. The Hall–Kier alpha value is -2.63. The third kappa shape index (κ3) is 3.68. The Kier molecular flexibility index (Phi) is 4.14. The number of amides is 1. The van der Waals surface area contributed by atoms with Gasteiger partial charge in [0.1, 0.15) is 5.75 Å². The van der Waals surface area contributed by atoms with Gasteiger partial charge in [-0.3, -0.25) is 4.79 Å². The number of nitrogens with one attached hydrogen (secondary N) is 1. The van der Waals surface area contributed by atoms with E-state index in [2.05, 4.69) is 10.1 Å². The van der Waals surface area contributed by atoms with E-state index in [-0.39, 0.29) is 11.7 Å². The van der Waals surface area contributed by atoms with Crippen molar-refractivity contribution in [1.82, 2.24) is 0 Å². The quantitative estimate of drug-likeness (QED) is 0.844. The van der Waals surface area contributed by atoms with E-state index in [1.165, 1.54) is 24.3 Å². The molecule has 2 rings (SSSR count). The first-order chi connectivity index (χ1) is 9.54. The predicted molar refractivity (Wildman–Crippen MR) is 71.9 cm³/mol. The Morgan fingerprint density at radius 2 is 1.90 bits per heavy atom. The van der Waals surface area contributed by atoms with Crippen molar-refractivity contribution >= 4 is 17.3 Å². The molecule has 0 spiro atoms. The molecule has 104 valence electrons. The summed E-state index contributed by atoms with van der Waals surface area (Å²) in [6.45, 7) is -2.91. The molecule has 0 saturated heterocycles. The fourth-order valence-corrected chi connectivity index (χ4v) is 1.63. The number of anilines is 2. The van der Waals surface area contributed by atoms with Crippen molar-refractivity contribution < 1.29 is 18.3 Å². The van der Waals surface area contributed by atoms with E-state index in [1.54, 1.807) is 24.3 Å². The van der Waals surface area contributed by atoms with Crippen molar-refractivity contribution in [2.45, 2.75) is 6.61 Å². The van der Waals surface area contributed by atoms with Crippen molar-refractivity contribution in [1.29, 1.82) is 0 Å². The average molecular weight is 278 g/mol. The molecule has 6 heteroatoms. The lowest BCUT2D eigenvalue weighted by atomic mass is 10.2. The molecule has 0 heterocycles. The highest BCUT2D eigenvalue weighted by Gasteiger charge is 2.08. The molecule has 20 heavy (non-hydrogen) atoms. The summed E-state index contributed by atoms with van der Waals surface area (Å²) in [5.74, 6) is -0.406. The third-order valence-corrected chi connectivity index (χ3v) is 2.47. The lowest BCUT2D eigenvalue weighted by Gasteiger charge is -2.08. The number of ether oxygens (including phenoxy) is 1. The van der Waals surface area contributed by atoms with Gasteiger partial charge in [-0.15, -0.1) is 0 Å². The molecule has 2 aromatic carbocycles. The van der Waals surface area contributed by atoms with Crippen molar-refractivity contribution in [2.24, 2.45) is 0 Å². The normalized spacial score (nSPS) is 10.3. The first-order valence-electron chi connectivity index (χ1n) is 5.76. The van der Waals surface area contributed by atoms with Crippen LogP contribution in [0.4, 0.5) is 20.2 Å². The number of hydrogen-bond donors (Lipinski definition) is 2. The number of carbonyl (C=O) groups excluding carboxylic acids is 1. The van der Waals surface area contributed by atoms with Crippen molar-refractivity contribution in [3.05, 3.63) is 54.1 Å². The van der Waals surface area contributed by atoms with E-state index in [4.69, 9.17) is 5.73 Å². The van der Waals surface area contributed by atoms with Crippen molar-refractivity contribution in [3.63, 3.8) is 0 Å². The van der Waals surface area contributed by atoms with Crippen LogP contribution < -0.4 is 15.8 Å². The zero-order chi connectivity index (χ0) is 14.5. The Balaban J connectivity index is 2.11. The zero-order valence-electron chi connectivity index (χ0n) is 10.3. The van der Waals surface area contributed by atoms with Gasteiger partial charge in [0.05, 0.1) is 0 Å². The molecule has 0 aliphatic carbocycles. The Morgan fingerprint density at radius 3 is 2.60 bits per heavy atom. The Morgan fingerprint density at radius 1 is 1.15 bits per heavy atom. The van der Waals surface area contributed by atoms with E-state index >= 15 is 0 Å². The second-order valence-electron chi connectivity index (χ2n) is 3.99. The molecular formula is C14H12F2N2O2. The van der Waals surface area contributed by atoms with Gasteiger partial charge in [-0.2, -0.15) is 8.78 Å². The van der Waals surface area contributed by atoms with Crippen LogP contribution in [0.5, 0.6) is 5.75 Å². The van der Waals surface area contributed by atoms with Crippen LogP contribution in [0, 0.1) is 0 Å². The molecule has 0 saturated carbocycles. The van der Waals surface area contributed by atoms with Gasteiger partial charge in [0, 0.05) is 23.0 Å². The van der Waals surface area contributed by atoms with Gasteiger partial charge in [0.2, 0.25) is 0 Å². The number of alkyl halides is 2. The maximum atomic E-state index is 12.1. The zero-order valence-corrected chi connectivity index (χ0v) is 10.3. The van der Waals surface area contributed by atoms with Crippen LogP contribution in [0.3, 0.4) is 0 Å². The number of hydrogen-bond acceptors (Lipinski definition) is 3. The maximum absolute atomic E-state index is 12.1. The summed E-state index contributed by atoms with van der Waals surface area (Å²) < 4.78 is 28.5. The SMILES string of the molecule is Nc1cccc(C(=O)Nc2cccc(OC(F)F)c2)c1. The van der Waals surface area contributed by atoms with Crippen LogP contribution in [0.2, 0.25) is 0 Å². The van der Waals surface area contributed by atoms with E-state index in [1.807, 2.05) is 0 Å². The van der Waals surface area contributed by atoms with Crippen LogP contribution >= 0.6 is 0 Å². The number of benzene rings is 2. The van der Waals surface area contributed by atoms with E-state index in [9.17, 15) is 13.6 Å². The van der Waals surface area contributed by atoms with Gasteiger partial charge < -0.3 is 15.8 Å². The summed E-state index contributed by atoms with van der Waals surface area (Å²) in [5.41, 5.74) is 6.79. The van der Waals surface area contributed by atoms with Gasteiger partial charge in [0.25, 0.3) is 5.91 Å². The van der Waals surface area contributed by atoms with Crippen molar-refractivity contribution in [2.75, 3.05) is 11.1 Å². The first-order valence-corrected chi connectivity index (χ1v) is 5.76. The highest BCUT2D eigenvalue weighted by molar-refractivity contribution is 6.04. The maximum Gasteiger partial charge on any atom is 0.387 e. The molecule has 0 fully saturated rings. The van der Waals surface area contributed by atoms with Crippen LogP contribution in [0.15, 0.2) is 48.5 Å². The topological polar surface area (TPSA) is 64.4 Å². The molecule has 0 aliphatic rings. The minimum absolute atomic E-state index is 0.0228. The van der Waals surface area contributed by atoms with Gasteiger partial charge in [-0.05, 0) is 30.3 Å². The van der Waals surface area contributed by atoms with Crippen molar-refractivity contribution in [3.8, 4) is 5.75 Å². The van der Waals surface area contributed by atoms with Gasteiger partial charge in [-0.25, -0.2) is 0 Å². The van der Waals surface area contributed by atoms with E-state index < -0.39 is 6.61 Å². The smallest absolute Gasteiger partial charge is 0.387 e. The number of nitrogen functional groups attached to an aromatic ring is 1. The van der Waals surface area contributed by atoms with Crippen LogP contribution in [-0.2, 0) is 0 Å². The minimum atomic E-state index is -2.91. The van der Waals surface area contributed by atoms with Gasteiger partial charge >= 0.3 is 6.61 Å². The molecule has 4 nitrogen and oxygen atoms in total. The van der Waals surface area contributed by atoms with Gasteiger partial charge in [0.15, 0.2) is 0 Å². The number of rotatable bonds is 4. The molecule has 3 N–H and O–H groups in total. The molecule has 0 aliphatic heterocycles. The van der Waals surface area contributed by atoms with E-state index in [0.717, 1.165) is 0 Å². The summed E-state index contributed by atoms with van der Waals surface area (Å²) >= 11 is 0. The number of halogens is 2. The highest BCUT2D eigenvalue weighted by atomic mass is 19.3. The lowest BCUT2D eigenvalue weighted by molar-refractivity contribution is -0.0497. The fraction of sp³-hybridized carbons (Fsp3) is 0.0714. The summed E-state index contributed by atoms with van der Waals surface area (Å²) in [7, 11) is 0. The number of carbonyl (C=O) groups is 1. The van der Waals surface area contributed by atoms with Crippen LogP contribution in [0.25, 0.3) is 0 Å². The average Bonchev–Trinajstić information content (AvgIpc) is 2.38. The predicted octanol–water partition coefficient (Wildman–Crippen LogP) is 3.12. The summed E-state index contributed by atoms with van der Waals surface area (Å²) in [4.78, 5) is 11.9. The van der Waals surface area contributed by atoms with E-state index in [0.29, 0.717) is 16.9 Å². The largest absolute Gasteiger partial charge is 0.435 e. The molecule has 1 amide bonds. The summed E-state index contributed by atoms with van der Waals surface area (Å²) in [6, 6.07) is 12.2. The fourth-order valence-electron chi connectivity index (χ4n) is 1.63. The molecule has 0 aromatic heterocycles. The molecule has 0 radical (unpaired) electrons. The van der Waals surface area contributed by atoms with Gasteiger partial charge in [-0.1, -0.05) is 12.1 Å². The monoisotopic (exact) mass is 278 g/mol. The number of nitrogens with two attached hydrogens (primary N) is 1. The molecule has 0 bridgehead atoms. The summed E-state index contributed by atoms with van der Waals surface area (Å²) in [6.07, 6.45) is 0. The Labute approximate surface area is 114 Å². The Bertz CT molecular complexity index is 618. The minimum Gasteiger partial charge on any atom is -0.435 e. The molecule has 0 unspecified atom stereocenters. The molecule has 0 atom stereocenters. The van der Waals surface area contributed by atoms with Crippen LogP contribution in [-0.4, -0.2) is 12.5 Å². The lowest BCUT2D eigenvalue weighted by Crippen LogP contribution is -2.12. The second kappa shape index (κ2) is 6.01. The standard InChI is InChI=1S/C14H12F2N2O2/c15-14(16)20-12-6-2-5-11(8-12)18-13(19)9-3-1-4-10(17)7-9/h1-8,14H,17H2,(H,18,19). The highest BCUT2D eigenvalue weighted by Crippen LogP contribution is 2.20.